The van der Waals surface area contributed by atoms with Gasteiger partial charge in [0.05, 0.1) is 46.4 Å². The van der Waals surface area contributed by atoms with Crippen LogP contribution in [0.2, 0.25) is 5.02 Å². The van der Waals surface area contributed by atoms with Crippen molar-refractivity contribution in [2.75, 3.05) is 49.1 Å². The van der Waals surface area contributed by atoms with Gasteiger partial charge in [-0.2, -0.15) is 10.4 Å². The number of ether oxygens (including phenoxy) is 1. The van der Waals surface area contributed by atoms with Gasteiger partial charge in [0.1, 0.15) is 29.4 Å². The van der Waals surface area contributed by atoms with Gasteiger partial charge in [0.15, 0.2) is 0 Å². The largest absolute Gasteiger partial charge is 0.489 e. The Morgan fingerprint density at radius 3 is 2.40 bits per heavy atom. The normalized spacial score (nSPS) is 22.8. The molecule has 15 heteroatoms. The summed E-state index contributed by atoms with van der Waals surface area (Å²) in [6.07, 6.45) is 9.36. The van der Waals surface area contributed by atoms with E-state index < -0.39 is 0 Å². The van der Waals surface area contributed by atoms with Crippen LogP contribution >= 0.6 is 11.6 Å². The second kappa shape index (κ2) is 15.2. The fourth-order valence-corrected chi connectivity index (χ4v) is 10.0. The number of anilines is 2. The van der Waals surface area contributed by atoms with Gasteiger partial charge in [-0.05, 0) is 55.9 Å². The van der Waals surface area contributed by atoms with E-state index in [2.05, 4.69) is 74.9 Å². The van der Waals surface area contributed by atoms with Gasteiger partial charge in [-0.3, -0.25) is 24.5 Å². The number of carbonyl (C=O) groups is 3. The Morgan fingerprint density at radius 2 is 1.74 bits per heavy atom. The van der Waals surface area contributed by atoms with E-state index in [0.29, 0.717) is 28.8 Å². The molecule has 4 fully saturated rings. The third kappa shape index (κ3) is 7.39. The highest BCUT2D eigenvalue weighted by molar-refractivity contribution is 6.31. The lowest BCUT2D eigenvalue weighted by molar-refractivity contribution is -0.164. The molecule has 4 aromatic rings. The van der Waals surface area contributed by atoms with Gasteiger partial charge in [-0.15, -0.1) is 0 Å². The van der Waals surface area contributed by atoms with Crippen LogP contribution in [0.4, 0.5) is 16.3 Å². The van der Waals surface area contributed by atoms with Gasteiger partial charge in [0.25, 0.3) is 5.91 Å². The van der Waals surface area contributed by atoms with Crippen molar-refractivity contribution in [3.05, 3.63) is 71.3 Å². The number of fused-ring (bicyclic) bond motifs is 1. The molecule has 57 heavy (non-hydrogen) atoms. The van der Waals surface area contributed by atoms with Crippen LogP contribution in [0.1, 0.15) is 81.9 Å². The Balaban J connectivity index is 0.800. The van der Waals surface area contributed by atoms with Crippen LogP contribution in [0.3, 0.4) is 0 Å². The van der Waals surface area contributed by atoms with Gasteiger partial charge in [0, 0.05) is 74.0 Å². The summed E-state index contributed by atoms with van der Waals surface area (Å²) >= 11 is 6.25. The van der Waals surface area contributed by atoms with E-state index in [9.17, 15) is 19.6 Å². The Hall–Kier alpha value is -5.26. The van der Waals surface area contributed by atoms with Crippen LogP contribution < -0.4 is 25.2 Å². The number of hydrogen-bond acceptors (Lipinski definition) is 10. The van der Waals surface area contributed by atoms with E-state index in [1.165, 1.54) is 0 Å². The molecular formula is C42H49ClN10O4. The molecule has 3 aliphatic heterocycles. The number of benzene rings is 2. The number of urea groups is 1. The predicted molar refractivity (Wildman–Crippen MR) is 216 cm³/mol. The summed E-state index contributed by atoms with van der Waals surface area (Å²) in [5.74, 6) is 1.47. The smallest absolute Gasteiger partial charge is 0.328 e. The average Bonchev–Trinajstić information content (AvgIpc) is 3.64. The number of piperidine rings is 2. The van der Waals surface area contributed by atoms with Crippen LogP contribution in [0, 0.1) is 28.1 Å². The zero-order valence-electron chi connectivity index (χ0n) is 32.9. The molecule has 0 atom stereocenters. The number of nitriles is 1. The van der Waals surface area contributed by atoms with Crippen LogP contribution in [0.15, 0.2) is 55.0 Å². The first-order chi connectivity index (χ1) is 27.3. The summed E-state index contributed by atoms with van der Waals surface area (Å²) in [5.41, 5.74) is 1.71. The van der Waals surface area contributed by atoms with E-state index in [4.69, 9.17) is 21.4 Å². The molecule has 4 aliphatic rings. The van der Waals surface area contributed by atoms with Crippen LogP contribution in [-0.4, -0.2) is 93.9 Å². The van der Waals surface area contributed by atoms with Crippen molar-refractivity contribution in [3.63, 3.8) is 0 Å². The van der Waals surface area contributed by atoms with Crippen molar-refractivity contribution in [3.8, 4) is 11.8 Å². The lowest BCUT2D eigenvalue weighted by Crippen LogP contribution is -2.74. The first-order valence-corrected chi connectivity index (χ1v) is 20.3. The number of nitrogens with zero attached hydrogens (tertiary/aromatic N) is 8. The number of halogens is 1. The molecular weight excluding hydrogens is 744 g/mol. The van der Waals surface area contributed by atoms with Crippen molar-refractivity contribution in [2.24, 2.45) is 16.7 Å². The third-order valence-corrected chi connectivity index (χ3v) is 12.9. The van der Waals surface area contributed by atoms with Crippen molar-refractivity contribution >= 4 is 51.9 Å². The van der Waals surface area contributed by atoms with Crippen molar-refractivity contribution in [2.45, 2.75) is 78.0 Å². The number of aromatic nitrogens is 4. The van der Waals surface area contributed by atoms with Gasteiger partial charge in [-0.25, -0.2) is 14.8 Å². The molecule has 0 radical (unpaired) electrons. The number of rotatable bonds is 9. The molecule has 2 aromatic carbocycles. The Labute approximate surface area is 337 Å². The Bertz CT molecular complexity index is 2200. The first kappa shape index (κ1) is 38.6. The van der Waals surface area contributed by atoms with Crippen LogP contribution in [0.5, 0.6) is 5.75 Å². The maximum atomic E-state index is 13.4. The lowest BCUT2D eigenvalue weighted by atomic mass is 9.49. The fraction of sp³-hybridized carbons (Fsp3) is 0.500. The molecule has 5 heterocycles. The minimum absolute atomic E-state index is 0.175. The zero-order valence-corrected chi connectivity index (χ0v) is 33.6. The van der Waals surface area contributed by atoms with Crippen molar-refractivity contribution in [1.82, 2.24) is 35.3 Å². The van der Waals surface area contributed by atoms with Gasteiger partial charge in [-0.1, -0.05) is 45.4 Å². The minimum atomic E-state index is -0.384. The van der Waals surface area contributed by atoms with Crippen molar-refractivity contribution < 1.29 is 19.1 Å². The SMILES string of the molecule is CC1(C)[C@H](NC(=O)c2cnc(N3CCC(CN4CCC(n5ncc6c(N7CCC(=O)NC7=O)cccc65)CC4)CC3)cn2)C(C)(C)[C@H]1Oc1ccc(C#N)c(Cl)c1. The number of amides is 4. The average molecular weight is 793 g/mol. The van der Waals surface area contributed by atoms with E-state index in [-0.39, 0.29) is 59.0 Å². The molecule has 3 saturated heterocycles. The topological polar surface area (TPSA) is 162 Å². The highest BCUT2D eigenvalue weighted by Gasteiger charge is 2.64. The first-order valence-electron chi connectivity index (χ1n) is 19.9. The Kier molecular flexibility index (Phi) is 10.3. The fourth-order valence-electron chi connectivity index (χ4n) is 9.83. The summed E-state index contributed by atoms with van der Waals surface area (Å²) < 4.78 is 8.48. The van der Waals surface area contributed by atoms with Gasteiger partial charge < -0.3 is 19.9 Å². The summed E-state index contributed by atoms with van der Waals surface area (Å²) in [4.78, 5) is 53.3. The third-order valence-electron chi connectivity index (χ3n) is 12.6. The summed E-state index contributed by atoms with van der Waals surface area (Å²) in [6, 6.07) is 12.8. The molecule has 0 spiro atoms. The van der Waals surface area contributed by atoms with Crippen LogP contribution in [0.25, 0.3) is 10.9 Å². The highest BCUT2D eigenvalue weighted by atomic mass is 35.5. The maximum absolute atomic E-state index is 13.4. The maximum Gasteiger partial charge on any atom is 0.328 e. The molecule has 0 bridgehead atoms. The van der Waals surface area contributed by atoms with E-state index in [0.717, 1.165) is 80.8 Å². The van der Waals surface area contributed by atoms with Gasteiger partial charge >= 0.3 is 6.03 Å². The summed E-state index contributed by atoms with van der Waals surface area (Å²) in [5, 5.41) is 20.9. The molecule has 8 rings (SSSR count). The molecule has 1 aliphatic carbocycles. The second-order valence-electron chi connectivity index (χ2n) is 17.1. The van der Waals surface area contributed by atoms with Gasteiger partial charge in [0.2, 0.25) is 5.91 Å². The van der Waals surface area contributed by atoms with E-state index >= 15 is 0 Å². The van der Waals surface area contributed by atoms with Crippen LogP contribution in [-0.2, 0) is 4.79 Å². The molecule has 14 nitrogen and oxygen atoms in total. The molecule has 4 amide bonds. The monoisotopic (exact) mass is 792 g/mol. The molecule has 298 valence electrons. The standard InChI is InChI=1S/C42H49ClN10O4/c1-41(2)38(42(3,4)39(41)57-29-9-8-27(21-44)31(43)20-29)49-37(55)32-23-46-35(24-45-32)51-17-10-26(11-18-51)25-50-15-12-28(13-16-50)53-34-7-5-6-33(30(34)22-47-53)52-19-14-36(54)48-40(52)56/h5-9,20,22-24,26,28,38-39H,10-19,25H2,1-4H3,(H,49,55)(H,48,54,56)/t38-,39-. The van der Waals surface area contributed by atoms with E-state index in [1.54, 1.807) is 35.5 Å². The zero-order chi connectivity index (χ0) is 40.1. The molecule has 2 aromatic heterocycles. The number of carbonyl (C=O) groups excluding carboxylic acids is 3. The predicted octanol–water partition coefficient (Wildman–Crippen LogP) is 5.96. The number of hydrogen-bond donors (Lipinski definition) is 2. The van der Waals surface area contributed by atoms with Crippen molar-refractivity contribution in [1.29, 1.82) is 5.26 Å². The minimum Gasteiger partial charge on any atom is -0.489 e. The molecule has 2 N–H and O–H groups in total. The molecule has 0 unspecified atom stereocenters. The number of nitrogens with one attached hydrogen (secondary N) is 2. The van der Waals surface area contributed by atoms with E-state index in [1.807, 2.05) is 18.3 Å². The lowest BCUT2D eigenvalue weighted by Gasteiger charge is -2.63. The summed E-state index contributed by atoms with van der Waals surface area (Å²) in [6.45, 7) is 13.5. The quantitative estimate of drug-likeness (QED) is 0.207. The summed E-state index contributed by atoms with van der Waals surface area (Å²) in [7, 11) is 0. The Morgan fingerprint density at radius 1 is 0.982 bits per heavy atom. The number of likely N-dealkylation sites (tertiary alicyclic amines) is 1. The highest BCUT2D eigenvalue weighted by Crippen LogP contribution is 2.55. The molecule has 1 saturated carbocycles. The second-order valence-corrected chi connectivity index (χ2v) is 17.5. The number of imide groups is 1.